The van der Waals surface area contributed by atoms with Gasteiger partial charge in [0.15, 0.2) is 0 Å². The van der Waals surface area contributed by atoms with Crippen molar-refractivity contribution in [2.24, 2.45) is 0 Å². The van der Waals surface area contributed by atoms with E-state index in [0.29, 0.717) is 17.1 Å². The van der Waals surface area contributed by atoms with Crippen LogP contribution in [0.15, 0.2) is 53.4 Å². The topological polar surface area (TPSA) is 131 Å². The zero-order chi connectivity index (χ0) is 26.6. The standard InChI is InChI=1S/C26H27N3O6S2/c1-16-8-14-19(15-9-16)37(33,34)29-18-12-10-17(11-13-18)23(30)27-25-22(24(31)28-26(32)35-2)20-6-4-3-5-7-21(20)36-25/h8-15,29H,3-7H2,1-2H3,(H,27,30)(H,28,31,32). The maximum absolute atomic E-state index is 13.0. The number of benzene rings is 2. The van der Waals surface area contributed by atoms with Crippen molar-refractivity contribution in [3.05, 3.63) is 75.7 Å². The molecule has 0 bridgehead atoms. The van der Waals surface area contributed by atoms with Gasteiger partial charge in [-0.2, -0.15) is 0 Å². The number of aryl methyl sites for hydroxylation is 2. The average Bonchev–Trinajstić information content (AvgIpc) is 3.04. The molecular weight excluding hydrogens is 514 g/mol. The normalized spacial score (nSPS) is 13.1. The van der Waals surface area contributed by atoms with E-state index in [-0.39, 0.29) is 16.0 Å². The van der Waals surface area contributed by atoms with Gasteiger partial charge in [0.1, 0.15) is 5.00 Å². The Balaban J connectivity index is 1.53. The third kappa shape index (κ3) is 6.17. The third-order valence-electron chi connectivity index (χ3n) is 6.01. The van der Waals surface area contributed by atoms with Crippen LogP contribution >= 0.6 is 11.3 Å². The Kier molecular flexibility index (Phi) is 7.94. The van der Waals surface area contributed by atoms with Crippen LogP contribution < -0.4 is 15.4 Å². The first kappa shape index (κ1) is 26.4. The van der Waals surface area contributed by atoms with Crippen LogP contribution in [0, 0.1) is 6.92 Å². The fourth-order valence-electron chi connectivity index (χ4n) is 4.07. The molecule has 0 radical (unpaired) electrons. The number of hydrogen-bond acceptors (Lipinski definition) is 7. The number of sulfonamides is 1. The first-order chi connectivity index (χ1) is 17.7. The van der Waals surface area contributed by atoms with Gasteiger partial charge in [0, 0.05) is 16.1 Å². The number of rotatable bonds is 6. The van der Waals surface area contributed by atoms with Crippen molar-refractivity contribution in [2.75, 3.05) is 17.1 Å². The molecule has 3 aromatic rings. The minimum atomic E-state index is -3.78. The Labute approximate surface area is 219 Å². The summed E-state index contributed by atoms with van der Waals surface area (Å²) < 4.78 is 32.3. The Hall–Kier alpha value is -3.70. The lowest BCUT2D eigenvalue weighted by atomic mass is 10.0. The van der Waals surface area contributed by atoms with E-state index in [0.717, 1.165) is 41.7 Å². The molecular formula is C26H27N3O6S2. The summed E-state index contributed by atoms with van der Waals surface area (Å²) in [5.41, 5.74) is 2.66. The largest absolute Gasteiger partial charge is 0.453 e. The van der Waals surface area contributed by atoms with Gasteiger partial charge in [-0.1, -0.05) is 24.1 Å². The number of thiophene rings is 1. The minimum Gasteiger partial charge on any atom is -0.453 e. The van der Waals surface area contributed by atoms with E-state index < -0.39 is 27.9 Å². The second-order valence-electron chi connectivity index (χ2n) is 8.66. The number of anilines is 2. The van der Waals surface area contributed by atoms with Crippen LogP contribution in [-0.4, -0.2) is 33.4 Å². The predicted molar refractivity (Wildman–Crippen MR) is 142 cm³/mol. The molecule has 0 aliphatic heterocycles. The first-order valence-corrected chi connectivity index (χ1v) is 14.0. The summed E-state index contributed by atoms with van der Waals surface area (Å²) in [5.74, 6) is -1.08. The number of methoxy groups -OCH3 is 1. The molecule has 0 unspecified atom stereocenters. The Morgan fingerprint density at radius 1 is 0.892 bits per heavy atom. The number of fused-ring (bicyclic) bond motifs is 1. The van der Waals surface area contributed by atoms with Gasteiger partial charge < -0.3 is 10.1 Å². The van der Waals surface area contributed by atoms with Crippen molar-refractivity contribution < 1.29 is 27.5 Å². The molecule has 0 spiro atoms. The van der Waals surface area contributed by atoms with Crippen LogP contribution in [0.1, 0.15) is 56.0 Å². The van der Waals surface area contributed by atoms with Crippen LogP contribution in [0.5, 0.6) is 0 Å². The van der Waals surface area contributed by atoms with Gasteiger partial charge in [0.25, 0.3) is 21.8 Å². The lowest BCUT2D eigenvalue weighted by molar-refractivity contribution is 0.0937. The predicted octanol–water partition coefficient (Wildman–Crippen LogP) is 4.87. The maximum atomic E-state index is 13.0. The number of imide groups is 1. The molecule has 3 N–H and O–H groups in total. The highest BCUT2D eigenvalue weighted by atomic mass is 32.2. The lowest BCUT2D eigenvalue weighted by Crippen LogP contribution is -2.31. The van der Waals surface area contributed by atoms with E-state index in [1.807, 2.05) is 6.92 Å². The molecule has 0 fully saturated rings. The molecule has 4 rings (SSSR count). The Morgan fingerprint density at radius 3 is 2.24 bits per heavy atom. The zero-order valence-electron chi connectivity index (χ0n) is 20.4. The number of carbonyl (C=O) groups excluding carboxylic acids is 3. The Bertz CT molecular complexity index is 1430. The number of carbonyl (C=O) groups is 3. The summed E-state index contributed by atoms with van der Waals surface area (Å²) in [7, 11) is -2.60. The van der Waals surface area contributed by atoms with Gasteiger partial charge in [-0.25, -0.2) is 13.2 Å². The lowest BCUT2D eigenvalue weighted by Gasteiger charge is -2.10. The third-order valence-corrected chi connectivity index (χ3v) is 8.61. The molecule has 0 saturated heterocycles. The summed E-state index contributed by atoms with van der Waals surface area (Å²) in [6.07, 6.45) is 3.54. The summed E-state index contributed by atoms with van der Waals surface area (Å²) >= 11 is 1.33. The molecule has 1 heterocycles. The molecule has 194 valence electrons. The minimum absolute atomic E-state index is 0.134. The van der Waals surface area contributed by atoms with Crippen LogP contribution in [-0.2, 0) is 27.6 Å². The van der Waals surface area contributed by atoms with Gasteiger partial charge in [-0.3, -0.25) is 19.6 Å². The second-order valence-corrected chi connectivity index (χ2v) is 11.5. The molecule has 3 amide bonds. The van der Waals surface area contributed by atoms with Gasteiger partial charge in [-0.15, -0.1) is 11.3 Å². The van der Waals surface area contributed by atoms with Crippen molar-refractivity contribution >= 4 is 50.0 Å². The number of alkyl carbamates (subject to hydrolysis) is 1. The van der Waals surface area contributed by atoms with Crippen LogP contribution in [0.2, 0.25) is 0 Å². The molecule has 0 saturated carbocycles. The number of ether oxygens (including phenoxy) is 1. The van der Waals surface area contributed by atoms with Crippen molar-refractivity contribution in [3.8, 4) is 0 Å². The highest BCUT2D eigenvalue weighted by Crippen LogP contribution is 2.37. The van der Waals surface area contributed by atoms with E-state index in [4.69, 9.17) is 0 Å². The van der Waals surface area contributed by atoms with E-state index in [2.05, 4.69) is 20.1 Å². The molecule has 1 aliphatic rings. The zero-order valence-corrected chi connectivity index (χ0v) is 22.1. The summed E-state index contributed by atoms with van der Waals surface area (Å²) in [6.45, 7) is 1.87. The van der Waals surface area contributed by atoms with Gasteiger partial charge in [-0.05, 0) is 74.6 Å². The molecule has 0 atom stereocenters. The van der Waals surface area contributed by atoms with Crippen molar-refractivity contribution in [1.82, 2.24) is 5.32 Å². The SMILES string of the molecule is COC(=O)NC(=O)c1c(NC(=O)c2ccc(NS(=O)(=O)c3ccc(C)cc3)cc2)sc2c1CCCCC2. The van der Waals surface area contributed by atoms with Crippen molar-refractivity contribution in [3.63, 3.8) is 0 Å². The van der Waals surface area contributed by atoms with Crippen LogP contribution in [0.3, 0.4) is 0 Å². The van der Waals surface area contributed by atoms with Gasteiger partial charge in [0.05, 0.1) is 17.6 Å². The van der Waals surface area contributed by atoms with Crippen LogP contribution in [0.4, 0.5) is 15.5 Å². The number of amides is 3. The highest BCUT2D eigenvalue weighted by molar-refractivity contribution is 7.92. The number of nitrogens with one attached hydrogen (secondary N) is 3. The Morgan fingerprint density at radius 2 is 1.57 bits per heavy atom. The summed E-state index contributed by atoms with van der Waals surface area (Å²) in [6, 6.07) is 12.5. The smallest absolute Gasteiger partial charge is 0.413 e. The maximum Gasteiger partial charge on any atom is 0.413 e. The van der Waals surface area contributed by atoms with E-state index in [1.165, 1.54) is 54.8 Å². The quantitative estimate of drug-likeness (QED) is 0.382. The molecule has 1 aromatic heterocycles. The second kappa shape index (κ2) is 11.1. The molecule has 11 heteroatoms. The van der Waals surface area contributed by atoms with Crippen molar-refractivity contribution in [2.45, 2.75) is 43.9 Å². The van der Waals surface area contributed by atoms with Crippen LogP contribution in [0.25, 0.3) is 0 Å². The summed E-state index contributed by atoms with van der Waals surface area (Å²) in [5, 5.41) is 5.36. The highest BCUT2D eigenvalue weighted by Gasteiger charge is 2.27. The fourth-order valence-corrected chi connectivity index (χ4v) is 6.41. The van der Waals surface area contributed by atoms with Gasteiger partial charge >= 0.3 is 6.09 Å². The van der Waals surface area contributed by atoms with E-state index >= 15 is 0 Å². The molecule has 2 aromatic carbocycles. The fraction of sp³-hybridized carbons (Fsp3) is 0.269. The number of hydrogen-bond donors (Lipinski definition) is 3. The first-order valence-electron chi connectivity index (χ1n) is 11.7. The van der Waals surface area contributed by atoms with Crippen molar-refractivity contribution in [1.29, 1.82) is 0 Å². The molecule has 9 nitrogen and oxygen atoms in total. The molecule has 1 aliphatic carbocycles. The van der Waals surface area contributed by atoms with Gasteiger partial charge in [0.2, 0.25) is 0 Å². The average molecular weight is 542 g/mol. The molecule has 37 heavy (non-hydrogen) atoms. The van der Waals surface area contributed by atoms with E-state index in [9.17, 15) is 22.8 Å². The monoisotopic (exact) mass is 541 g/mol. The van der Waals surface area contributed by atoms with E-state index in [1.54, 1.807) is 12.1 Å². The summed E-state index contributed by atoms with van der Waals surface area (Å²) in [4.78, 5) is 38.7.